The summed E-state index contributed by atoms with van der Waals surface area (Å²) in [6.45, 7) is 2.95. The molecule has 2 rings (SSSR count). The van der Waals surface area contributed by atoms with E-state index in [4.69, 9.17) is 9.84 Å². The van der Waals surface area contributed by atoms with Gasteiger partial charge in [0.15, 0.2) is 0 Å². The van der Waals surface area contributed by atoms with Crippen LogP contribution in [0.15, 0.2) is 18.2 Å². The van der Waals surface area contributed by atoms with E-state index in [0.717, 1.165) is 29.9 Å². The summed E-state index contributed by atoms with van der Waals surface area (Å²) in [7, 11) is 0. The topological polar surface area (TPSA) is 29.5 Å². The number of benzene rings is 1. The van der Waals surface area contributed by atoms with Crippen LogP contribution < -0.4 is 0 Å². The maximum Gasteiger partial charge on any atom is 0.124 e. The SMILES string of the molecule is CC1OCCC1SCc1ccc(F)cc1C#CCCO. The van der Waals surface area contributed by atoms with E-state index in [1.165, 1.54) is 12.1 Å². The lowest BCUT2D eigenvalue weighted by molar-refractivity contribution is 0.127. The molecule has 0 aliphatic carbocycles. The van der Waals surface area contributed by atoms with E-state index in [2.05, 4.69) is 18.8 Å². The summed E-state index contributed by atoms with van der Waals surface area (Å²) in [6.07, 6.45) is 1.76. The molecule has 2 nitrogen and oxygen atoms in total. The van der Waals surface area contributed by atoms with E-state index in [9.17, 15) is 4.39 Å². The number of hydrogen-bond acceptors (Lipinski definition) is 3. The van der Waals surface area contributed by atoms with Crippen LogP contribution >= 0.6 is 11.8 Å². The quantitative estimate of drug-likeness (QED) is 0.866. The molecular formula is C16H19FO2S. The Morgan fingerprint density at radius 1 is 1.50 bits per heavy atom. The fraction of sp³-hybridized carbons (Fsp3) is 0.500. The van der Waals surface area contributed by atoms with Crippen LogP contribution in [0.3, 0.4) is 0 Å². The second-order valence-corrected chi connectivity index (χ2v) is 6.02. The molecule has 0 aromatic heterocycles. The Balaban J connectivity index is 2.04. The van der Waals surface area contributed by atoms with Crippen LogP contribution in [0.5, 0.6) is 0 Å². The van der Waals surface area contributed by atoms with Crippen molar-refractivity contribution in [2.24, 2.45) is 0 Å². The van der Waals surface area contributed by atoms with Gasteiger partial charge in [-0.1, -0.05) is 17.9 Å². The van der Waals surface area contributed by atoms with E-state index >= 15 is 0 Å². The van der Waals surface area contributed by atoms with Crippen molar-refractivity contribution >= 4 is 11.8 Å². The highest BCUT2D eigenvalue weighted by Gasteiger charge is 2.24. The zero-order valence-electron chi connectivity index (χ0n) is 11.6. The van der Waals surface area contributed by atoms with Gasteiger partial charge in [-0.25, -0.2) is 4.39 Å². The predicted octanol–water partition coefficient (Wildman–Crippen LogP) is 2.97. The van der Waals surface area contributed by atoms with Gasteiger partial charge in [0.05, 0.1) is 12.7 Å². The fourth-order valence-corrected chi connectivity index (χ4v) is 3.39. The summed E-state index contributed by atoms with van der Waals surface area (Å²) in [4.78, 5) is 0. The van der Waals surface area contributed by atoms with Crippen LogP contribution in [0.4, 0.5) is 4.39 Å². The van der Waals surface area contributed by atoms with Gasteiger partial charge >= 0.3 is 0 Å². The van der Waals surface area contributed by atoms with Crippen molar-refractivity contribution in [1.82, 2.24) is 0 Å². The average Bonchev–Trinajstić information content (AvgIpc) is 2.84. The van der Waals surface area contributed by atoms with E-state index < -0.39 is 0 Å². The monoisotopic (exact) mass is 294 g/mol. The van der Waals surface area contributed by atoms with Gasteiger partial charge in [-0.05, 0) is 31.0 Å². The number of ether oxygens (including phenoxy) is 1. The van der Waals surface area contributed by atoms with Crippen molar-refractivity contribution in [2.45, 2.75) is 36.9 Å². The van der Waals surface area contributed by atoms with Crippen molar-refractivity contribution in [1.29, 1.82) is 0 Å². The molecule has 0 bridgehead atoms. The maximum atomic E-state index is 13.3. The molecule has 1 aliphatic rings. The Labute approximate surface area is 123 Å². The molecule has 1 heterocycles. The summed E-state index contributed by atoms with van der Waals surface area (Å²) >= 11 is 1.84. The lowest BCUT2D eigenvalue weighted by Gasteiger charge is -2.14. The van der Waals surface area contributed by atoms with Gasteiger partial charge in [-0.15, -0.1) is 0 Å². The zero-order valence-corrected chi connectivity index (χ0v) is 12.4. The lowest BCUT2D eigenvalue weighted by atomic mass is 10.1. The fourth-order valence-electron chi connectivity index (χ4n) is 2.13. The van der Waals surface area contributed by atoms with Gasteiger partial charge < -0.3 is 9.84 Å². The largest absolute Gasteiger partial charge is 0.395 e. The highest BCUT2D eigenvalue weighted by atomic mass is 32.2. The van der Waals surface area contributed by atoms with Crippen LogP contribution in [0.25, 0.3) is 0 Å². The lowest BCUT2D eigenvalue weighted by Crippen LogP contribution is -2.13. The molecule has 2 unspecified atom stereocenters. The molecule has 1 saturated heterocycles. The predicted molar refractivity (Wildman–Crippen MR) is 80.1 cm³/mol. The third-order valence-corrected chi connectivity index (χ3v) is 4.82. The first-order chi connectivity index (χ1) is 9.70. The highest BCUT2D eigenvalue weighted by molar-refractivity contribution is 7.99. The first-order valence-electron chi connectivity index (χ1n) is 6.82. The summed E-state index contributed by atoms with van der Waals surface area (Å²) in [5.74, 6) is 6.34. The Morgan fingerprint density at radius 3 is 3.05 bits per heavy atom. The first-order valence-corrected chi connectivity index (χ1v) is 7.87. The van der Waals surface area contributed by atoms with E-state index in [1.807, 2.05) is 11.8 Å². The molecule has 1 aliphatic heterocycles. The third-order valence-electron chi connectivity index (χ3n) is 3.29. The molecule has 0 saturated carbocycles. The zero-order chi connectivity index (χ0) is 14.4. The van der Waals surface area contributed by atoms with Gasteiger partial charge in [0.2, 0.25) is 0 Å². The molecule has 0 spiro atoms. The van der Waals surface area contributed by atoms with E-state index in [1.54, 1.807) is 6.07 Å². The number of hydrogen-bond donors (Lipinski definition) is 1. The van der Waals surface area contributed by atoms with Gasteiger partial charge in [0.25, 0.3) is 0 Å². The van der Waals surface area contributed by atoms with Gasteiger partial charge in [0, 0.05) is 29.6 Å². The van der Waals surface area contributed by atoms with Crippen molar-refractivity contribution < 1.29 is 14.2 Å². The van der Waals surface area contributed by atoms with Crippen molar-refractivity contribution in [2.75, 3.05) is 13.2 Å². The minimum Gasteiger partial charge on any atom is -0.395 e. The molecule has 20 heavy (non-hydrogen) atoms. The number of halogens is 1. The number of rotatable bonds is 4. The molecule has 108 valence electrons. The Hall–Kier alpha value is -1.02. The van der Waals surface area contributed by atoms with Crippen LogP contribution in [-0.2, 0) is 10.5 Å². The normalized spacial score (nSPS) is 21.6. The van der Waals surface area contributed by atoms with Crippen molar-refractivity contribution in [3.8, 4) is 11.8 Å². The summed E-state index contributed by atoms with van der Waals surface area (Å²) in [6, 6.07) is 4.74. The van der Waals surface area contributed by atoms with Crippen LogP contribution in [-0.4, -0.2) is 29.7 Å². The number of aliphatic hydroxyl groups is 1. The molecule has 1 fully saturated rings. The van der Waals surface area contributed by atoms with Gasteiger partial charge in [-0.2, -0.15) is 11.8 Å². The van der Waals surface area contributed by atoms with Crippen LogP contribution in [0.1, 0.15) is 30.9 Å². The van der Waals surface area contributed by atoms with Crippen molar-refractivity contribution in [3.63, 3.8) is 0 Å². The third kappa shape index (κ3) is 4.24. The minimum atomic E-state index is -0.274. The second kappa shape index (κ2) is 7.68. The Morgan fingerprint density at radius 2 is 2.35 bits per heavy atom. The van der Waals surface area contributed by atoms with Crippen LogP contribution in [0, 0.1) is 17.7 Å². The van der Waals surface area contributed by atoms with Crippen LogP contribution in [0.2, 0.25) is 0 Å². The first kappa shape index (κ1) is 15.4. The Kier molecular flexibility index (Phi) is 5.90. The van der Waals surface area contributed by atoms with Gasteiger partial charge in [-0.3, -0.25) is 0 Å². The highest BCUT2D eigenvalue weighted by Crippen LogP contribution is 2.29. The molecule has 1 aromatic rings. The summed E-state index contributed by atoms with van der Waals surface area (Å²) in [5, 5.41) is 9.25. The van der Waals surface area contributed by atoms with Crippen molar-refractivity contribution in [3.05, 3.63) is 35.1 Å². The Bertz CT molecular complexity index is 507. The molecule has 0 radical (unpaired) electrons. The maximum absolute atomic E-state index is 13.3. The number of aliphatic hydroxyl groups excluding tert-OH is 1. The molecular weight excluding hydrogens is 275 g/mol. The van der Waals surface area contributed by atoms with E-state index in [0.29, 0.717) is 11.7 Å². The smallest absolute Gasteiger partial charge is 0.124 e. The molecule has 0 amide bonds. The molecule has 2 atom stereocenters. The van der Waals surface area contributed by atoms with E-state index in [-0.39, 0.29) is 18.5 Å². The summed E-state index contributed by atoms with van der Waals surface area (Å²) < 4.78 is 18.9. The minimum absolute atomic E-state index is 0.0311. The number of thioether (sulfide) groups is 1. The molecule has 1 aromatic carbocycles. The second-order valence-electron chi connectivity index (χ2n) is 4.79. The molecule has 4 heteroatoms. The van der Waals surface area contributed by atoms with Gasteiger partial charge in [0.1, 0.15) is 5.82 Å². The standard InChI is InChI=1S/C16H19FO2S/c1-12-16(7-9-19-12)20-11-14-5-6-15(17)10-13(14)4-2-3-8-18/h5-6,10,12,16,18H,3,7-9,11H2,1H3. The average molecular weight is 294 g/mol. The molecule has 1 N–H and O–H groups in total. The summed E-state index contributed by atoms with van der Waals surface area (Å²) in [5.41, 5.74) is 1.76.